The van der Waals surface area contributed by atoms with Crippen LogP contribution in [0, 0.1) is 19.7 Å². The molecule has 1 heterocycles. The molecule has 1 unspecified atom stereocenters. The van der Waals surface area contributed by atoms with Gasteiger partial charge in [0, 0.05) is 51.0 Å². The van der Waals surface area contributed by atoms with Crippen molar-refractivity contribution in [3.8, 4) is 22.6 Å². The van der Waals surface area contributed by atoms with Crippen LogP contribution in [0.2, 0.25) is 0 Å². The van der Waals surface area contributed by atoms with Gasteiger partial charge in [-0.05, 0) is 150 Å². The fourth-order valence-corrected chi connectivity index (χ4v) is 11.9. The van der Waals surface area contributed by atoms with E-state index in [1.165, 1.54) is 50.0 Å². The third-order valence-corrected chi connectivity index (χ3v) is 16.0. The largest absolute Gasteiger partial charge is 0.550 e. The van der Waals surface area contributed by atoms with Crippen LogP contribution in [0.3, 0.4) is 0 Å². The smallest absolute Gasteiger partial charge is 0.497 e. The van der Waals surface area contributed by atoms with Crippen molar-refractivity contribution in [3.05, 3.63) is 266 Å². The van der Waals surface area contributed by atoms with Crippen molar-refractivity contribution in [1.82, 2.24) is 0 Å². The summed E-state index contributed by atoms with van der Waals surface area (Å²) in [6, 6.07) is 49.5. The summed E-state index contributed by atoms with van der Waals surface area (Å²) in [6.07, 6.45) is 11.6. The van der Waals surface area contributed by atoms with Crippen LogP contribution in [0.25, 0.3) is 31.2 Å². The Kier molecular flexibility index (Phi) is 16.0. The molecule has 6 aromatic carbocycles. The van der Waals surface area contributed by atoms with Crippen molar-refractivity contribution in [3.63, 3.8) is 0 Å². The van der Waals surface area contributed by atoms with Gasteiger partial charge in [-0.25, -0.2) is 4.85 Å². The van der Waals surface area contributed by atoms with Crippen LogP contribution in [-0.2, 0) is 10.3 Å². The van der Waals surface area contributed by atoms with Gasteiger partial charge in [0.05, 0.1) is 20.8 Å². The van der Waals surface area contributed by atoms with Gasteiger partial charge in [-0.2, -0.15) is 22.9 Å². The molecule has 8 nitrogen and oxygen atoms in total. The number of ether oxygens (including phenoxy) is 3. The van der Waals surface area contributed by atoms with E-state index in [9.17, 15) is 0 Å². The van der Waals surface area contributed by atoms with Crippen molar-refractivity contribution in [2.45, 2.75) is 88.1 Å². The van der Waals surface area contributed by atoms with Crippen LogP contribution < -0.4 is 19.3 Å². The number of anilines is 4. The third kappa shape index (κ3) is 10.8. The molecule has 0 saturated heterocycles. The van der Waals surface area contributed by atoms with Gasteiger partial charge >= 0.3 is 12.0 Å². The van der Waals surface area contributed by atoms with Crippen molar-refractivity contribution >= 4 is 39.9 Å². The summed E-state index contributed by atoms with van der Waals surface area (Å²) in [5.74, 6) is 0.117. The Bertz CT molecular complexity index is 3390. The molecular formula is C67H57ClF3N5O3. The van der Waals surface area contributed by atoms with E-state index in [1.807, 2.05) is 60.7 Å². The zero-order valence-electron chi connectivity index (χ0n) is 43.9. The lowest BCUT2D eigenvalue weighted by Gasteiger charge is -2.34. The molecule has 0 aromatic heterocycles. The van der Waals surface area contributed by atoms with E-state index in [4.69, 9.17) is 45.5 Å². The van der Waals surface area contributed by atoms with E-state index in [2.05, 4.69) is 103 Å². The van der Waals surface area contributed by atoms with Crippen LogP contribution in [-0.4, -0.2) is 32.5 Å². The van der Waals surface area contributed by atoms with Gasteiger partial charge in [0.1, 0.15) is 24.6 Å². The summed E-state index contributed by atoms with van der Waals surface area (Å²) >= 11 is 7.23. The first-order valence-electron chi connectivity index (χ1n) is 26.6. The Balaban J connectivity index is 1.04. The standard InChI is InChI=1S/C67H57ClF3N5O3/c1-72-63-61(66(67(69,70)71,79-64(63)65(73-2)74-3)51-29-21-46(22-30-51)45-13-7-6-8-14-45)44-28-50-20-19-49(62(50)68)27-43-60(47-23-31-54(32-24-47)75(52-15-9-10-16-52)56-35-39-58(77-4)40-36-56)48-25-33-55(34-26-48)76(53-17-11-12-18-53)57-37-41-59(78-5)42-38-57/h6-8,13-14,21-44,52-53H,9-12,15-20H2,4-5H3/b44-28+,49-27+. The van der Waals surface area contributed by atoms with Gasteiger partial charge in [0.2, 0.25) is 17.1 Å². The van der Waals surface area contributed by atoms with Crippen LogP contribution in [0.1, 0.15) is 80.9 Å². The molecule has 6 aromatic rings. The predicted octanol–water partition coefficient (Wildman–Crippen LogP) is 18.4. The molecule has 1 aliphatic heterocycles. The third-order valence-electron chi connectivity index (χ3n) is 15.6. The van der Waals surface area contributed by atoms with E-state index in [-0.39, 0.29) is 5.56 Å². The zero-order chi connectivity index (χ0) is 55.1. The normalized spacial score (nSPS) is 18.1. The summed E-state index contributed by atoms with van der Waals surface area (Å²) < 4.78 is 64.6. The fraction of sp³-hybridized carbons (Fsp3) is 0.239. The molecule has 0 spiro atoms. The molecule has 396 valence electrons. The average molecular weight is 1070 g/mol. The van der Waals surface area contributed by atoms with Gasteiger partial charge < -0.3 is 24.0 Å². The first kappa shape index (κ1) is 53.7. The molecule has 0 radical (unpaired) electrons. The van der Waals surface area contributed by atoms with Crippen molar-refractivity contribution in [1.29, 1.82) is 0 Å². The maximum atomic E-state index is 16.0. The Morgan fingerprint density at radius 2 is 1.09 bits per heavy atom. The molecule has 10 rings (SSSR count). The number of methoxy groups -OCH3 is 2. The Labute approximate surface area is 465 Å². The first-order chi connectivity index (χ1) is 38.5. The number of allylic oxidation sites excluding steroid dienone is 6. The van der Waals surface area contributed by atoms with Gasteiger partial charge in [0.25, 0.3) is 0 Å². The first-order valence-corrected chi connectivity index (χ1v) is 26.9. The number of hydrogen-bond donors (Lipinski definition) is 0. The predicted molar refractivity (Wildman–Crippen MR) is 309 cm³/mol. The second kappa shape index (κ2) is 23.5. The zero-order valence-corrected chi connectivity index (χ0v) is 44.7. The highest BCUT2D eigenvalue weighted by Gasteiger charge is 2.65. The molecule has 1 atom stereocenters. The van der Waals surface area contributed by atoms with Gasteiger partial charge in [0.15, 0.2) is 0 Å². The molecular weight excluding hydrogens is 1020 g/mol. The monoisotopic (exact) mass is 1070 g/mol. The lowest BCUT2D eigenvalue weighted by atomic mass is 9.84. The molecule has 0 N–H and O–H groups in total. The topological polar surface area (TPSA) is 47.2 Å². The van der Waals surface area contributed by atoms with E-state index in [0.29, 0.717) is 41.1 Å². The number of rotatable bonds is 15. The summed E-state index contributed by atoms with van der Waals surface area (Å²) in [6.45, 7) is 23.4. The maximum absolute atomic E-state index is 16.0. The second-order valence-electron chi connectivity index (χ2n) is 20.0. The molecule has 4 aliphatic rings. The maximum Gasteiger partial charge on any atom is 0.550 e. The summed E-state index contributed by atoms with van der Waals surface area (Å²) in [4.78, 5) is 14.7. The minimum Gasteiger partial charge on any atom is -0.497 e. The Morgan fingerprint density at radius 3 is 1.53 bits per heavy atom. The molecule has 2 fully saturated rings. The molecule has 79 heavy (non-hydrogen) atoms. The summed E-state index contributed by atoms with van der Waals surface area (Å²) in [7, 11) is 3.35. The van der Waals surface area contributed by atoms with Crippen LogP contribution in [0.15, 0.2) is 215 Å². The minimum absolute atomic E-state index is 0.311. The Hall–Kier alpha value is -8.69. The van der Waals surface area contributed by atoms with Crippen LogP contribution in [0.5, 0.6) is 11.5 Å². The molecule has 12 heteroatoms. The van der Waals surface area contributed by atoms with Gasteiger partial charge in [-0.15, -0.1) is 0 Å². The fourth-order valence-electron chi connectivity index (χ4n) is 11.5. The summed E-state index contributed by atoms with van der Waals surface area (Å²) in [5, 5.41) is 0.378. The SMILES string of the molecule is [C-]#[N+]C([N+]#[C-])=C1OC(c2ccc(-c3ccccc3)cc2)(C(F)(F)F)C(/C=C/C2=C(Cl)C(=C/C=C(c3ccc(N(c4ccc(OC)cc4)C4CCCC4)cc3)c3ccc(N(c4ccc(OC)cc4)C4CCCC4)cc3)/CC2)=C1[N+]#[C-]. The quantitative estimate of drug-likeness (QED) is 0.0959. The number of nitrogens with zero attached hydrogens (tertiary/aromatic N) is 5. The van der Waals surface area contributed by atoms with Crippen molar-refractivity contribution in [2.24, 2.45) is 0 Å². The summed E-state index contributed by atoms with van der Waals surface area (Å²) in [5.41, 5.74) is 5.48. The average Bonchev–Trinajstić information content (AvgIpc) is 4.51. The lowest BCUT2D eigenvalue weighted by Crippen LogP contribution is -2.43. The number of halogens is 4. The second-order valence-corrected chi connectivity index (χ2v) is 20.4. The van der Waals surface area contributed by atoms with E-state index >= 15 is 13.2 Å². The van der Waals surface area contributed by atoms with Crippen LogP contribution in [0.4, 0.5) is 35.9 Å². The molecule has 3 aliphatic carbocycles. The molecule has 0 amide bonds. The Morgan fingerprint density at radius 1 is 0.620 bits per heavy atom. The van der Waals surface area contributed by atoms with E-state index < -0.39 is 34.6 Å². The highest BCUT2D eigenvalue weighted by atomic mass is 35.5. The number of hydrogen-bond acceptors (Lipinski definition) is 5. The van der Waals surface area contributed by atoms with Crippen molar-refractivity contribution < 1.29 is 27.4 Å². The highest BCUT2D eigenvalue weighted by Crippen LogP contribution is 2.57. The highest BCUT2D eigenvalue weighted by molar-refractivity contribution is 6.33. The minimum atomic E-state index is -5.14. The van der Waals surface area contributed by atoms with Gasteiger partial charge in [-0.1, -0.05) is 140 Å². The van der Waals surface area contributed by atoms with E-state index in [1.54, 1.807) is 26.4 Å². The van der Waals surface area contributed by atoms with Gasteiger partial charge in [-0.3, -0.25) is 0 Å². The van der Waals surface area contributed by atoms with Crippen LogP contribution >= 0.6 is 11.6 Å². The number of alkyl halides is 3. The molecule has 2 saturated carbocycles. The lowest BCUT2D eigenvalue weighted by molar-refractivity contribution is -0.249. The van der Waals surface area contributed by atoms with E-state index in [0.717, 1.165) is 87.8 Å². The van der Waals surface area contributed by atoms with Crippen molar-refractivity contribution in [2.75, 3.05) is 24.0 Å². The molecule has 0 bridgehead atoms. The number of benzene rings is 6.